The molecule has 1 nitrogen and oxygen atoms in total. The SMILES string of the molecule is Cc1cccc(C#Cc2ccc(C(C)C)o2)c1. The first-order chi connectivity index (χ1) is 8.15. The number of aryl methyl sites for hydroxylation is 1. The van der Waals surface area contributed by atoms with E-state index in [9.17, 15) is 0 Å². The standard InChI is InChI=1S/C16H16O/c1-12(2)16-10-9-15(17-16)8-7-14-6-4-5-13(3)11-14/h4-6,9-12H,1-3H3. The molecule has 0 radical (unpaired) electrons. The Morgan fingerprint density at radius 2 is 1.88 bits per heavy atom. The second-order valence-corrected chi connectivity index (χ2v) is 4.48. The van der Waals surface area contributed by atoms with E-state index in [2.05, 4.69) is 44.7 Å². The van der Waals surface area contributed by atoms with E-state index in [0.29, 0.717) is 5.92 Å². The van der Waals surface area contributed by atoms with Crippen LogP contribution in [0.5, 0.6) is 0 Å². The van der Waals surface area contributed by atoms with Crippen molar-refractivity contribution in [3.63, 3.8) is 0 Å². The molecule has 2 rings (SSSR count). The van der Waals surface area contributed by atoms with Crippen LogP contribution < -0.4 is 0 Å². The summed E-state index contributed by atoms with van der Waals surface area (Å²) in [6.45, 7) is 6.28. The minimum atomic E-state index is 0.407. The second-order valence-electron chi connectivity index (χ2n) is 4.48. The summed E-state index contributed by atoms with van der Waals surface area (Å²) in [5, 5.41) is 0. The lowest BCUT2D eigenvalue weighted by atomic mass is 10.1. The molecule has 1 aromatic heterocycles. The van der Waals surface area contributed by atoms with Crippen LogP contribution in [0.15, 0.2) is 40.8 Å². The van der Waals surface area contributed by atoms with Gasteiger partial charge in [0.1, 0.15) is 5.76 Å². The topological polar surface area (TPSA) is 13.1 Å². The van der Waals surface area contributed by atoms with E-state index >= 15 is 0 Å². The summed E-state index contributed by atoms with van der Waals surface area (Å²) in [7, 11) is 0. The molecule has 0 spiro atoms. The van der Waals surface area contributed by atoms with Crippen molar-refractivity contribution in [2.24, 2.45) is 0 Å². The normalized spacial score (nSPS) is 10.1. The van der Waals surface area contributed by atoms with Gasteiger partial charge in [-0.2, -0.15) is 0 Å². The molecule has 0 saturated heterocycles. The van der Waals surface area contributed by atoms with E-state index in [1.807, 2.05) is 24.3 Å². The highest BCUT2D eigenvalue weighted by atomic mass is 16.3. The highest BCUT2D eigenvalue weighted by Gasteiger charge is 2.03. The lowest BCUT2D eigenvalue weighted by Gasteiger charge is -1.96. The van der Waals surface area contributed by atoms with E-state index in [1.54, 1.807) is 0 Å². The minimum Gasteiger partial charge on any atom is -0.452 e. The summed E-state index contributed by atoms with van der Waals surface area (Å²) in [6.07, 6.45) is 0. The van der Waals surface area contributed by atoms with Crippen LogP contribution in [0, 0.1) is 18.8 Å². The molecule has 1 heterocycles. The Bertz CT molecular complexity index is 564. The van der Waals surface area contributed by atoms with Crippen molar-refractivity contribution in [1.29, 1.82) is 0 Å². The minimum absolute atomic E-state index is 0.407. The first-order valence-electron chi connectivity index (χ1n) is 5.83. The van der Waals surface area contributed by atoms with Gasteiger partial charge in [-0.05, 0) is 42.7 Å². The van der Waals surface area contributed by atoms with Crippen molar-refractivity contribution < 1.29 is 4.42 Å². The lowest BCUT2D eigenvalue weighted by Crippen LogP contribution is -1.80. The molecule has 0 bridgehead atoms. The maximum Gasteiger partial charge on any atom is 0.177 e. The van der Waals surface area contributed by atoms with Crippen LogP contribution in [-0.2, 0) is 0 Å². The Balaban J connectivity index is 2.21. The van der Waals surface area contributed by atoms with Crippen molar-refractivity contribution in [3.05, 3.63) is 59.0 Å². The van der Waals surface area contributed by atoms with Crippen LogP contribution in [-0.4, -0.2) is 0 Å². The van der Waals surface area contributed by atoms with Crippen LogP contribution in [0.4, 0.5) is 0 Å². The maximum atomic E-state index is 5.62. The fourth-order valence-electron chi connectivity index (χ4n) is 1.59. The number of furan rings is 1. The zero-order valence-electron chi connectivity index (χ0n) is 10.4. The molecule has 17 heavy (non-hydrogen) atoms. The van der Waals surface area contributed by atoms with E-state index in [-0.39, 0.29) is 0 Å². The Hall–Kier alpha value is -1.94. The van der Waals surface area contributed by atoms with Gasteiger partial charge < -0.3 is 4.42 Å². The van der Waals surface area contributed by atoms with Gasteiger partial charge >= 0.3 is 0 Å². The van der Waals surface area contributed by atoms with Gasteiger partial charge in [0.05, 0.1) is 0 Å². The smallest absolute Gasteiger partial charge is 0.177 e. The van der Waals surface area contributed by atoms with Gasteiger partial charge in [0.25, 0.3) is 0 Å². The molecule has 2 aromatic rings. The molecule has 0 unspecified atom stereocenters. The molecule has 0 fully saturated rings. The molecule has 0 saturated carbocycles. The molecule has 0 atom stereocenters. The molecule has 0 aliphatic heterocycles. The molecule has 86 valence electrons. The van der Waals surface area contributed by atoms with Gasteiger partial charge in [-0.15, -0.1) is 0 Å². The average molecular weight is 224 g/mol. The molecular weight excluding hydrogens is 208 g/mol. The van der Waals surface area contributed by atoms with Gasteiger partial charge in [0, 0.05) is 11.5 Å². The fourth-order valence-corrected chi connectivity index (χ4v) is 1.59. The number of benzene rings is 1. The summed E-state index contributed by atoms with van der Waals surface area (Å²) < 4.78 is 5.62. The highest BCUT2D eigenvalue weighted by molar-refractivity contribution is 5.41. The fraction of sp³-hybridized carbons (Fsp3) is 0.250. The lowest BCUT2D eigenvalue weighted by molar-refractivity contribution is 0.478. The van der Waals surface area contributed by atoms with Crippen molar-refractivity contribution in [1.82, 2.24) is 0 Å². The molecule has 0 aliphatic rings. The van der Waals surface area contributed by atoms with Crippen molar-refractivity contribution in [2.75, 3.05) is 0 Å². The highest BCUT2D eigenvalue weighted by Crippen LogP contribution is 2.16. The third-order valence-electron chi connectivity index (χ3n) is 2.54. The third-order valence-corrected chi connectivity index (χ3v) is 2.54. The molecule has 0 amide bonds. The summed E-state index contributed by atoms with van der Waals surface area (Å²) in [4.78, 5) is 0. The number of hydrogen-bond donors (Lipinski definition) is 0. The van der Waals surface area contributed by atoms with Gasteiger partial charge in [-0.1, -0.05) is 31.9 Å². The molecule has 0 N–H and O–H groups in total. The van der Waals surface area contributed by atoms with E-state index in [4.69, 9.17) is 4.42 Å². The average Bonchev–Trinajstić information content (AvgIpc) is 2.75. The quantitative estimate of drug-likeness (QED) is 0.664. The molecule has 1 aromatic carbocycles. The zero-order chi connectivity index (χ0) is 12.3. The predicted octanol–water partition coefficient (Wildman–Crippen LogP) is 4.11. The van der Waals surface area contributed by atoms with Gasteiger partial charge in [-0.3, -0.25) is 0 Å². The number of hydrogen-bond acceptors (Lipinski definition) is 1. The third kappa shape index (κ3) is 3.01. The van der Waals surface area contributed by atoms with Gasteiger partial charge in [0.15, 0.2) is 5.76 Å². The number of rotatable bonds is 1. The van der Waals surface area contributed by atoms with E-state index in [0.717, 1.165) is 17.1 Å². The maximum absolute atomic E-state index is 5.62. The summed E-state index contributed by atoms with van der Waals surface area (Å²) in [6, 6.07) is 12.1. The first-order valence-corrected chi connectivity index (χ1v) is 5.83. The first kappa shape index (κ1) is 11.5. The van der Waals surface area contributed by atoms with Crippen molar-refractivity contribution in [2.45, 2.75) is 26.7 Å². The van der Waals surface area contributed by atoms with Crippen LogP contribution in [0.2, 0.25) is 0 Å². The van der Waals surface area contributed by atoms with Crippen molar-refractivity contribution in [3.8, 4) is 11.8 Å². The van der Waals surface area contributed by atoms with Crippen LogP contribution in [0.1, 0.15) is 42.4 Å². The van der Waals surface area contributed by atoms with Crippen LogP contribution in [0.3, 0.4) is 0 Å². The van der Waals surface area contributed by atoms with Crippen molar-refractivity contribution >= 4 is 0 Å². The molecular formula is C16H16O. The monoisotopic (exact) mass is 224 g/mol. The second kappa shape index (κ2) is 4.93. The summed E-state index contributed by atoms with van der Waals surface area (Å²) in [5.41, 5.74) is 2.24. The van der Waals surface area contributed by atoms with Gasteiger partial charge in [0.2, 0.25) is 0 Å². The Labute approximate surface area is 102 Å². The summed E-state index contributed by atoms with van der Waals surface area (Å²) in [5.74, 6) is 8.28. The van der Waals surface area contributed by atoms with Gasteiger partial charge in [-0.25, -0.2) is 0 Å². The Morgan fingerprint density at radius 3 is 2.53 bits per heavy atom. The van der Waals surface area contributed by atoms with Crippen LogP contribution >= 0.6 is 0 Å². The van der Waals surface area contributed by atoms with E-state index in [1.165, 1.54) is 5.56 Å². The summed E-state index contributed by atoms with van der Waals surface area (Å²) >= 11 is 0. The largest absolute Gasteiger partial charge is 0.452 e. The van der Waals surface area contributed by atoms with E-state index < -0.39 is 0 Å². The molecule has 1 heteroatoms. The van der Waals surface area contributed by atoms with Crippen LogP contribution in [0.25, 0.3) is 0 Å². The Kier molecular flexibility index (Phi) is 3.35. The Morgan fingerprint density at radius 1 is 1.06 bits per heavy atom. The zero-order valence-corrected chi connectivity index (χ0v) is 10.4. The molecule has 0 aliphatic carbocycles. The predicted molar refractivity (Wildman–Crippen MR) is 70.0 cm³/mol.